The van der Waals surface area contributed by atoms with Gasteiger partial charge in [-0.1, -0.05) is 61.2 Å². The number of aromatic nitrogens is 1. The Hall–Kier alpha value is -3.81. The number of benzene rings is 2. The molecule has 2 aliphatic rings. The van der Waals surface area contributed by atoms with E-state index >= 15 is 0 Å². The Bertz CT molecular complexity index is 1560. The maximum Gasteiger partial charge on any atom is 0.312 e. The predicted octanol–water partition coefficient (Wildman–Crippen LogP) is 7.31. The minimum atomic E-state index is -1.55. The smallest absolute Gasteiger partial charge is 0.312 e. The van der Waals surface area contributed by atoms with Gasteiger partial charge in [0.05, 0.1) is 17.3 Å². The Balaban J connectivity index is 1.62. The number of pyridine rings is 1. The molecule has 1 unspecified atom stereocenters. The Kier molecular flexibility index (Phi) is 9.13. The fraction of sp³-hybridized carbons (Fsp3) is 0.371. The number of ketones is 1. The molecule has 224 valence electrons. The molecule has 8 heteroatoms. The summed E-state index contributed by atoms with van der Waals surface area (Å²) in [5.41, 5.74) is 1.52. The lowest BCUT2D eigenvalue weighted by Crippen LogP contribution is -2.56. The summed E-state index contributed by atoms with van der Waals surface area (Å²) in [7, 11) is 4.04. The minimum Gasteiger partial charge on any atom is -0.492 e. The maximum atomic E-state index is 14.5. The molecule has 1 saturated carbocycles. The number of carbonyl (C=O) groups excluding carboxylic acids is 1. The topological polar surface area (TPSA) is 92.1 Å². The van der Waals surface area contributed by atoms with Crippen molar-refractivity contribution in [3.05, 3.63) is 83.0 Å². The number of ether oxygens (including phenoxy) is 1. The number of halogens is 1. The molecule has 1 aromatic heterocycles. The zero-order valence-corrected chi connectivity index (χ0v) is 25.7. The van der Waals surface area contributed by atoms with Crippen molar-refractivity contribution in [2.75, 3.05) is 27.2 Å². The molecule has 1 N–H and O–H groups in total. The van der Waals surface area contributed by atoms with Crippen LogP contribution in [0.5, 0.6) is 5.75 Å². The number of hydrogen-bond donors (Lipinski definition) is 1. The second-order valence-electron chi connectivity index (χ2n) is 11.7. The van der Waals surface area contributed by atoms with Crippen molar-refractivity contribution in [1.82, 2.24) is 9.88 Å². The maximum absolute atomic E-state index is 14.5. The van der Waals surface area contributed by atoms with E-state index < -0.39 is 22.7 Å². The molecule has 1 atom stereocenters. The first-order chi connectivity index (χ1) is 20.7. The van der Waals surface area contributed by atoms with Gasteiger partial charge in [0, 0.05) is 23.9 Å². The summed E-state index contributed by atoms with van der Waals surface area (Å²) < 4.78 is 6.07. The number of aliphatic imine (C=N–C) groups is 1. The molecule has 2 heterocycles. The van der Waals surface area contributed by atoms with E-state index in [9.17, 15) is 14.7 Å². The lowest BCUT2D eigenvalue weighted by atomic mass is 9.59. The molecule has 43 heavy (non-hydrogen) atoms. The van der Waals surface area contributed by atoms with Crippen LogP contribution in [-0.2, 0) is 4.79 Å². The van der Waals surface area contributed by atoms with Crippen LogP contribution in [0.25, 0.3) is 22.4 Å². The molecule has 2 aromatic carbocycles. The van der Waals surface area contributed by atoms with Crippen molar-refractivity contribution >= 4 is 29.6 Å². The van der Waals surface area contributed by atoms with Gasteiger partial charge in [-0.05, 0) is 87.8 Å². The third-order valence-corrected chi connectivity index (χ3v) is 8.98. The highest BCUT2D eigenvalue weighted by molar-refractivity contribution is 6.32. The van der Waals surface area contributed by atoms with Gasteiger partial charge in [-0.15, -0.1) is 0 Å². The normalized spacial score (nSPS) is 19.1. The molecule has 1 aliphatic carbocycles. The van der Waals surface area contributed by atoms with E-state index in [0.717, 1.165) is 54.5 Å². The SMILES string of the molecule is Cc1ccccc1-c1ccc(C(=O)C2(C3(C(=O)O)CCCCC3)C=CC=N2)nc1-c1ccc(Cl)c(OCCCN(C)C)c1. The molecule has 1 fully saturated rings. The molecule has 0 amide bonds. The first-order valence-electron chi connectivity index (χ1n) is 14.8. The van der Waals surface area contributed by atoms with Crippen molar-refractivity contribution in [2.24, 2.45) is 10.4 Å². The number of nitrogens with zero attached hydrogens (tertiary/aromatic N) is 3. The van der Waals surface area contributed by atoms with Gasteiger partial charge in [-0.2, -0.15) is 0 Å². The molecule has 0 spiro atoms. The Morgan fingerprint density at radius 3 is 2.47 bits per heavy atom. The van der Waals surface area contributed by atoms with Gasteiger partial charge in [0.1, 0.15) is 16.9 Å². The number of carboxylic acid groups (broad SMARTS) is 1. The standard InChI is InChI=1S/C35H38ClN3O4/c1-24-11-5-6-12-26(24)27-14-16-29(32(40)35(19-9-20-37-35)34(33(41)42)17-7-4-8-18-34)38-31(27)25-13-15-28(36)30(23-25)43-22-10-21-39(2)3/h5-6,9,11-16,19-20,23H,4,7-8,10,17-18,21-22H2,1-3H3,(H,41,42). The number of rotatable bonds is 11. The van der Waals surface area contributed by atoms with Crippen molar-refractivity contribution in [2.45, 2.75) is 51.0 Å². The third-order valence-electron chi connectivity index (χ3n) is 8.67. The van der Waals surface area contributed by atoms with E-state index in [-0.39, 0.29) is 5.69 Å². The van der Waals surface area contributed by atoms with Gasteiger partial charge in [0.15, 0.2) is 5.54 Å². The molecule has 5 rings (SSSR count). The van der Waals surface area contributed by atoms with E-state index in [1.54, 1.807) is 30.5 Å². The second kappa shape index (κ2) is 12.8. The zero-order valence-electron chi connectivity index (χ0n) is 25.0. The number of Topliss-reactive ketones (excluding diaryl/α,β-unsaturated/α-hetero) is 1. The number of carbonyl (C=O) groups is 2. The monoisotopic (exact) mass is 599 g/mol. The number of aliphatic carboxylic acids is 1. The average molecular weight is 600 g/mol. The van der Waals surface area contributed by atoms with Gasteiger partial charge in [0.2, 0.25) is 5.78 Å². The molecule has 0 bridgehead atoms. The highest BCUT2D eigenvalue weighted by Gasteiger charge is 2.61. The number of allylic oxidation sites excluding steroid dienone is 1. The molecule has 1 aliphatic heterocycles. The number of carboxylic acids is 1. The van der Waals surface area contributed by atoms with E-state index in [1.165, 1.54) is 0 Å². The van der Waals surface area contributed by atoms with E-state index in [1.807, 2.05) is 63.5 Å². The first-order valence-corrected chi connectivity index (χ1v) is 15.2. The Morgan fingerprint density at radius 1 is 1.02 bits per heavy atom. The molecule has 0 saturated heterocycles. The fourth-order valence-electron chi connectivity index (χ4n) is 6.35. The van der Waals surface area contributed by atoms with Crippen LogP contribution in [0.2, 0.25) is 5.02 Å². The molecular formula is C35H38ClN3O4. The zero-order chi connectivity index (χ0) is 30.6. The number of aryl methyl sites for hydroxylation is 1. The lowest BCUT2D eigenvalue weighted by molar-refractivity contribution is -0.153. The summed E-state index contributed by atoms with van der Waals surface area (Å²) in [6.07, 6.45) is 8.90. The molecule has 0 radical (unpaired) electrons. The quantitative estimate of drug-likeness (QED) is 0.184. The van der Waals surface area contributed by atoms with Gasteiger partial charge >= 0.3 is 5.97 Å². The van der Waals surface area contributed by atoms with Crippen LogP contribution in [0.3, 0.4) is 0 Å². The van der Waals surface area contributed by atoms with Crippen molar-refractivity contribution in [3.8, 4) is 28.1 Å². The summed E-state index contributed by atoms with van der Waals surface area (Å²) in [6.45, 7) is 3.42. The van der Waals surface area contributed by atoms with Crippen LogP contribution in [0.4, 0.5) is 0 Å². The summed E-state index contributed by atoms with van der Waals surface area (Å²) in [5.74, 6) is -0.859. The predicted molar refractivity (Wildman–Crippen MR) is 171 cm³/mol. The van der Waals surface area contributed by atoms with Gasteiger partial charge < -0.3 is 14.7 Å². The average Bonchev–Trinajstić information content (AvgIpc) is 3.52. The van der Waals surface area contributed by atoms with Crippen molar-refractivity contribution in [1.29, 1.82) is 0 Å². The second-order valence-corrected chi connectivity index (χ2v) is 12.1. The fourth-order valence-corrected chi connectivity index (χ4v) is 6.52. The van der Waals surface area contributed by atoms with Crippen LogP contribution in [0.1, 0.15) is 54.6 Å². The van der Waals surface area contributed by atoms with Crippen LogP contribution in [0, 0.1) is 12.3 Å². The molecule has 7 nitrogen and oxygen atoms in total. The van der Waals surface area contributed by atoms with Gasteiger partial charge in [-0.3, -0.25) is 14.6 Å². The third kappa shape index (κ3) is 5.89. The van der Waals surface area contributed by atoms with Crippen molar-refractivity contribution < 1.29 is 19.4 Å². The summed E-state index contributed by atoms with van der Waals surface area (Å²) >= 11 is 6.54. The molecule has 3 aromatic rings. The summed E-state index contributed by atoms with van der Waals surface area (Å²) in [6, 6.07) is 17.1. The summed E-state index contributed by atoms with van der Waals surface area (Å²) in [4.78, 5) is 39.0. The van der Waals surface area contributed by atoms with Crippen LogP contribution < -0.4 is 4.74 Å². The van der Waals surface area contributed by atoms with Crippen LogP contribution >= 0.6 is 11.6 Å². The van der Waals surface area contributed by atoms with Crippen molar-refractivity contribution in [3.63, 3.8) is 0 Å². The lowest BCUT2D eigenvalue weighted by Gasteiger charge is -2.43. The Morgan fingerprint density at radius 2 is 1.79 bits per heavy atom. The first kappa shape index (κ1) is 30.6. The minimum absolute atomic E-state index is 0.172. The van der Waals surface area contributed by atoms with Crippen LogP contribution in [-0.4, -0.2) is 65.7 Å². The van der Waals surface area contributed by atoms with E-state index in [4.69, 9.17) is 21.3 Å². The molecular weight excluding hydrogens is 562 g/mol. The summed E-state index contributed by atoms with van der Waals surface area (Å²) in [5, 5.41) is 11.0. The van der Waals surface area contributed by atoms with E-state index in [0.29, 0.717) is 35.9 Å². The highest BCUT2D eigenvalue weighted by Crippen LogP contribution is 2.50. The van der Waals surface area contributed by atoms with E-state index in [2.05, 4.69) is 9.89 Å². The highest BCUT2D eigenvalue weighted by atomic mass is 35.5. The Labute approximate surface area is 258 Å². The van der Waals surface area contributed by atoms with Gasteiger partial charge in [0.25, 0.3) is 0 Å². The van der Waals surface area contributed by atoms with Crippen LogP contribution in [0.15, 0.2) is 71.7 Å². The number of hydrogen-bond acceptors (Lipinski definition) is 6. The largest absolute Gasteiger partial charge is 0.492 e. The van der Waals surface area contributed by atoms with Gasteiger partial charge in [-0.25, -0.2) is 4.98 Å².